The molecule has 3 rings (SSSR count). The van der Waals surface area contributed by atoms with Crippen LogP contribution in [-0.2, 0) is 24.3 Å². The molecule has 0 atom stereocenters. The first kappa shape index (κ1) is 24.7. The van der Waals surface area contributed by atoms with Crippen LogP contribution in [0.1, 0.15) is 19.3 Å². The van der Waals surface area contributed by atoms with E-state index >= 15 is 0 Å². The first-order valence-corrected chi connectivity index (χ1v) is 12.3. The Hall–Kier alpha value is -1.98. The molecule has 1 N–H and O–H groups in total. The third-order valence-electron chi connectivity index (χ3n) is 5.44. The van der Waals surface area contributed by atoms with Gasteiger partial charge in [-0.3, -0.25) is 14.5 Å². The lowest BCUT2D eigenvalue weighted by Crippen LogP contribution is -2.40. The highest BCUT2D eigenvalue weighted by molar-refractivity contribution is 7.89. The molecule has 0 bridgehead atoms. The van der Waals surface area contributed by atoms with E-state index in [9.17, 15) is 18.0 Å². The molecule has 1 aromatic carbocycles. The van der Waals surface area contributed by atoms with Gasteiger partial charge in [0.15, 0.2) is 0 Å². The predicted octanol–water partition coefficient (Wildman–Crippen LogP) is 1.76. The maximum Gasteiger partial charge on any atom is 0.244 e. The van der Waals surface area contributed by atoms with Gasteiger partial charge in [-0.05, 0) is 44.5 Å². The summed E-state index contributed by atoms with van der Waals surface area (Å²) in [5.41, 5.74) is 1.34. The zero-order chi connectivity index (χ0) is 23.3. The van der Waals surface area contributed by atoms with Crippen LogP contribution in [0.3, 0.4) is 0 Å². The molecular formula is C21H29ClN4O5S. The van der Waals surface area contributed by atoms with Gasteiger partial charge in [-0.1, -0.05) is 17.7 Å². The average Bonchev–Trinajstić information content (AvgIpc) is 3.29. The lowest BCUT2D eigenvalue weighted by Gasteiger charge is -2.26. The number of hydrogen-bond donors (Lipinski definition) is 1. The number of morpholine rings is 1. The molecule has 1 fully saturated rings. The van der Waals surface area contributed by atoms with Crippen molar-refractivity contribution < 1.29 is 22.7 Å². The molecule has 0 radical (unpaired) electrons. The number of nitrogens with zero attached hydrogens (tertiary/aromatic N) is 3. The lowest BCUT2D eigenvalue weighted by atomic mass is 10.3. The smallest absolute Gasteiger partial charge is 0.244 e. The van der Waals surface area contributed by atoms with E-state index in [1.807, 2.05) is 0 Å². The molecule has 2 aliphatic rings. The molecule has 1 aliphatic heterocycles. The van der Waals surface area contributed by atoms with E-state index in [0.717, 1.165) is 25.0 Å². The van der Waals surface area contributed by atoms with Crippen LogP contribution in [-0.4, -0.2) is 87.8 Å². The summed E-state index contributed by atoms with van der Waals surface area (Å²) in [6.45, 7) is 1.22. The number of rotatable bonds is 8. The Labute approximate surface area is 194 Å². The molecule has 1 aliphatic carbocycles. The molecule has 9 nitrogen and oxygen atoms in total. The zero-order valence-electron chi connectivity index (χ0n) is 18.3. The Morgan fingerprint density at radius 2 is 1.91 bits per heavy atom. The molecule has 1 heterocycles. The van der Waals surface area contributed by atoms with Crippen LogP contribution in [0.2, 0.25) is 5.02 Å². The van der Waals surface area contributed by atoms with Gasteiger partial charge in [0.1, 0.15) is 4.90 Å². The second-order valence-corrected chi connectivity index (χ2v) is 10.2. The second kappa shape index (κ2) is 10.8. The Kier molecular flexibility index (Phi) is 8.29. The van der Waals surface area contributed by atoms with E-state index in [1.165, 1.54) is 16.4 Å². The number of allylic oxidation sites excluding steroid dienone is 2. The van der Waals surface area contributed by atoms with Gasteiger partial charge in [-0.25, -0.2) is 8.42 Å². The van der Waals surface area contributed by atoms with Gasteiger partial charge >= 0.3 is 0 Å². The third-order valence-corrected chi connectivity index (χ3v) is 7.82. The summed E-state index contributed by atoms with van der Waals surface area (Å²) in [5.74, 6) is -0.445. The number of carbonyl (C=O) groups excluding carboxylic acids is 2. The quantitative estimate of drug-likeness (QED) is 0.603. The van der Waals surface area contributed by atoms with Crippen molar-refractivity contribution >= 4 is 39.1 Å². The molecule has 176 valence electrons. The Bertz CT molecular complexity index is 992. The SMILES string of the molecule is CN(CC(=O)Nc1ccc(Cl)c(S(=O)(=O)N2CCOCC2)c1)CC(=O)N(C)C1=CCCC1. The molecule has 1 saturated heterocycles. The fraction of sp³-hybridized carbons (Fsp3) is 0.524. The summed E-state index contributed by atoms with van der Waals surface area (Å²) >= 11 is 6.16. The molecule has 0 spiro atoms. The van der Waals surface area contributed by atoms with Crippen molar-refractivity contribution in [2.24, 2.45) is 0 Å². The van der Waals surface area contributed by atoms with Crippen LogP contribution in [0.5, 0.6) is 0 Å². The van der Waals surface area contributed by atoms with Gasteiger partial charge in [-0.15, -0.1) is 0 Å². The van der Waals surface area contributed by atoms with E-state index in [-0.39, 0.29) is 47.9 Å². The first-order valence-electron chi connectivity index (χ1n) is 10.5. The molecule has 32 heavy (non-hydrogen) atoms. The molecule has 1 aromatic rings. The van der Waals surface area contributed by atoms with Crippen molar-refractivity contribution in [1.29, 1.82) is 0 Å². The van der Waals surface area contributed by atoms with Crippen LogP contribution in [0.4, 0.5) is 5.69 Å². The minimum Gasteiger partial charge on any atom is -0.379 e. The number of amides is 2. The maximum absolute atomic E-state index is 12.9. The van der Waals surface area contributed by atoms with Crippen molar-refractivity contribution in [3.63, 3.8) is 0 Å². The van der Waals surface area contributed by atoms with Crippen LogP contribution >= 0.6 is 11.6 Å². The van der Waals surface area contributed by atoms with Crippen LogP contribution in [0, 0.1) is 0 Å². The van der Waals surface area contributed by atoms with Gasteiger partial charge in [0.05, 0.1) is 31.3 Å². The monoisotopic (exact) mass is 484 g/mol. The molecule has 0 aromatic heterocycles. The first-order chi connectivity index (χ1) is 15.2. The lowest BCUT2D eigenvalue weighted by molar-refractivity contribution is -0.129. The number of anilines is 1. The van der Waals surface area contributed by atoms with Gasteiger partial charge < -0.3 is 15.0 Å². The number of halogens is 1. The largest absolute Gasteiger partial charge is 0.379 e. The molecule has 0 saturated carbocycles. The van der Waals surface area contributed by atoms with Crippen LogP contribution in [0.15, 0.2) is 34.9 Å². The van der Waals surface area contributed by atoms with Crippen molar-refractivity contribution in [2.45, 2.75) is 24.2 Å². The molecule has 11 heteroatoms. The number of carbonyl (C=O) groups is 2. The Balaban J connectivity index is 1.60. The van der Waals surface area contributed by atoms with E-state index in [1.54, 1.807) is 30.0 Å². The van der Waals surface area contributed by atoms with Crippen molar-refractivity contribution in [3.8, 4) is 0 Å². The number of hydrogen-bond acceptors (Lipinski definition) is 6. The molecule has 2 amide bonds. The Morgan fingerprint density at radius 1 is 1.19 bits per heavy atom. The third kappa shape index (κ3) is 6.08. The summed E-state index contributed by atoms with van der Waals surface area (Å²) in [7, 11) is -0.371. The number of benzene rings is 1. The van der Waals surface area contributed by atoms with Crippen molar-refractivity contribution in [2.75, 3.05) is 58.8 Å². The fourth-order valence-electron chi connectivity index (χ4n) is 3.66. The zero-order valence-corrected chi connectivity index (χ0v) is 19.9. The van der Waals surface area contributed by atoms with E-state index in [2.05, 4.69) is 11.4 Å². The minimum atomic E-state index is -3.80. The van der Waals surface area contributed by atoms with Crippen molar-refractivity contribution in [1.82, 2.24) is 14.1 Å². The summed E-state index contributed by atoms with van der Waals surface area (Å²) in [6.07, 6.45) is 4.98. The number of nitrogens with one attached hydrogen (secondary N) is 1. The summed E-state index contributed by atoms with van der Waals surface area (Å²) in [6, 6.07) is 4.35. The highest BCUT2D eigenvalue weighted by Gasteiger charge is 2.29. The van der Waals surface area contributed by atoms with Crippen LogP contribution < -0.4 is 5.32 Å². The van der Waals surface area contributed by atoms with Gasteiger partial charge in [0.25, 0.3) is 0 Å². The van der Waals surface area contributed by atoms with E-state index < -0.39 is 10.0 Å². The van der Waals surface area contributed by atoms with Crippen molar-refractivity contribution in [3.05, 3.63) is 35.0 Å². The second-order valence-electron chi connectivity index (χ2n) is 7.92. The topological polar surface area (TPSA) is 99.3 Å². The number of ether oxygens (including phenoxy) is 1. The average molecular weight is 485 g/mol. The summed E-state index contributed by atoms with van der Waals surface area (Å²) in [4.78, 5) is 28.1. The minimum absolute atomic E-state index is 0.0210. The fourth-order valence-corrected chi connectivity index (χ4v) is 5.57. The standard InChI is InChI=1S/C21H29ClN4O5S/c1-24(15-21(28)25(2)17-5-3-4-6-17)14-20(27)23-16-7-8-18(22)19(13-16)32(29,30)26-9-11-31-12-10-26/h5,7-8,13H,3-4,6,9-12,14-15H2,1-2H3,(H,23,27). The number of sulfonamides is 1. The maximum atomic E-state index is 12.9. The normalized spacial score (nSPS) is 17.3. The van der Waals surface area contributed by atoms with Gasteiger partial charge in [0.2, 0.25) is 21.8 Å². The number of likely N-dealkylation sites (N-methyl/N-ethyl adjacent to an activating group) is 2. The molecule has 0 unspecified atom stereocenters. The van der Waals surface area contributed by atoms with E-state index in [0.29, 0.717) is 18.9 Å². The highest BCUT2D eigenvalue weighted by Crippen LogP contribution is 2.28. The highest BCUT2D eigenvalue weighted by atomic mass is 35.5. The predicted molar refractivity (Wildman–Crippen MR) is 122 cm³/mol. The Morgan fingerprint density at radius 3 is 2.56 bits per heavy atom. The summed E-state index contributed by atoms with van der Waals surface area (Å²) in [5, 5.41) is 2.77. The van der Waals surface area contributed by atoms with Crippen LogP contribution in [0.25, 0.3) is 0 Å². The van der Waals surface area contributed by atoms with Gasteiger partial charge in [-0.2, -0.15) is 4.31 Å². The van der Waals surface area contributed by atoms with Gasteiger partial charge in [0, 0.05) is 31.5 Å². The summed E-state index contributed by atoms with van der Waals surface area (Å²) < 4.78 is 32.4. The molecular weight excluding hydrogens is 456 g/mol. The van der Waals surface area contributed by atoms with E-state index in [4.69, 9.17) is 16.3 Å².